The number of anilines is 2. The number of halogens is 1. The molecule has 0 radical (unpaired) electrons. The smallest absolute Gasteiger partial charge is 0.323 e. The van der Waals surface area contributed by atoms with Gasteiger partial charge in [0.2, 0.25) is 0 Å². The lowest BCUT2D eigenvalue weighted by Gasteiger charge is -2.22. The fraction of sp³-hybridized carbons (Fsp3) is 0.154. The Kier molecular flexibility index (Phi) is 7.42. The number of aromatic amines is 1. The number of H-pyrrole nitrogens is 1. The summed E-state index contributed by atoms with van der Waals surface area (Å²) in [5.41, 5.74) is 1.88. The minimum absolute atomic E-state index is 0.143. The summed E-state index contributed by atoms with van der Waals surface area (Å²) in [6.45, 7) is 2.59. The van der Waals surface area contributed by atoms with Gasteiger partial charge >= 0.3 is 6.03 Å². The first kappa shape index (κ1) is 24.0. The second kappa shape index (κ2) is 10.8. The number of rotatable bonds is 7. The van der Waals surface area contributed by atoms with Gasteiger partial charge in [-0.05, 0) is 61.0 Å². The number of carbonyl (C=O) groups is 2. The molecule has 0 saturated heterocycles. The molecule has 0 atom stereocenters. The SMILES string of the molecule is CCCN(Cc1nc2cc(Cl)ccc2c(=O)[nH]1)C(=O)c1ccc(NC(=O)Nc2ccccc2)cc1. The summed E-state index contributed by atoms with van der Waals surface area (Å²) >= 11 is 6.05. The molecule has 0 bridgehead atoms. The van der Waals surface area contributed by atoms with E-state index in [2.05, 4.69) is 20.6 Å². The topological polar surface area (TPSA) is 107 Å². The number of hydrogen-bond donors (Lipinski definition) is 3. The van der Waals surface area contributed by atoms with Crippen LogP contribution in [0.5, 0.6) is 0 Å². The molecule has 0 spiro atoms. The lowest BCUT2D eigenvalue weighted by atomic mass is 10.1. The molecule has 0 aliphatic heterocycles. The average molecular weight is 490 g/mol. The second-order valence-corrected chi connectivity index (χ2v) is 8.36. The van der Waals surface area contributed by atoms with Crippen LogP contribution in [0, 0.1) is 0 Å². The fourth-order valence-corrected chi connectivity index (χ4v) is 3.80. The molecule has 0 saturated carbocycles. The summed E-state index contributed by atoms with van der Waals surface area (Å²) in [4.78, 5) is 46.7. The lowest BCUT2D eigenvalue weighted by molar-refractivity contribution is 0.0739. The number of hydrogen-bond acceptors (Lipinski definition) is 4. The standard InChI is InChI=1S/C26H24ClN5O3/c1-2-14-32(16-23-30-22-15-18(27)10-13-21(22)24(33)31-23)25(34)17-8-11-20(12-9-17)29-26(35)28-19-6-4-3-5-7-19/h3-13,15H,2,14,16H2,1H3,(H2,28,29,35)(H,30,31,33). The van der Waals surface area contributed by atoms with Gasteiger partial charge in [-0.25, -0.2) is 9.78 Å². The number of urea groups is 1. The van der Waals surface area contributed by atoms with Crippen molar-refractivity contribution in [1.29, 1.82) is 0 Å². The molecular formula is C26H24ClN5O3. The molecule has 0 aliphatic rings. The zero-order valence-electron chi connectivity index (χ0n) is 19.0. The first-order chi connectivity index (χ1) is 16.9. The second-order valence-electron chi connectivity index (χ2n) is 7.92. The highest BCUT2D eigenvalue weighted by Crippen LogP contribution is 2.17. The zero-order chi connectivity index (χ0) is 24.8. The number of para-hydroxylation sites is 1. The molecule has 3 amide bonds. The van der Waals surface area contributed by atoms with E-state index in [0.717, 1.165) is 6.42 Å². The lowest BCUT2D eigenvalue weighted by Crippen LogP contribution is -2.32. The largest absolute Gasteiger partial charge is 0.331 e. The van der Waals surface area contributed by atoms with Crippen molar-refractivity contribution in [3.63, 3.8) is 0 Å². The Labute approximate surface area is 207 Å². The molecule has 4 rings (SSSR count). The number of carbonyl (C=O) groups excluding carboxylic acids is 2. The molecule has 35 heavy (non-hydrogen) atoms. The van der Waals surface area contributed by atoms with Gasteiger partial charge in [0, 0.05) is 28.5 Å². The van der Waals surface area contributed by atoms with Gasteiger partial charge in [-0.2, -0.15) is 0 Å². The van der Waals surface area contributed by atoms with Crippen molar-refractivity contribution in [3.8, 4) is 0 Å². The van der Waals surface area contributed by atoms with Crippen LogP contribution in [0.15, 0.2) is 77.6 Å². The molecule has 0 aliphatic carbocycles. The Morgan fingerprint density at radius 2 is 1.66 bits per heavy atom. The van der Waals surface area contributed by atoms with Gasteiger partial charge in [-0.3, -0.25) is 9.59 Å². The quantitative estimate of drug-likeness (QED) is 0.328. The van der Waals surface area contributed by atoms with E-state index in [1.54, 1.807) is 59.5 Å². The van der Waals surface area contributed by atoms with Crippen LogP contribution < -0.4 is 16.2 Å². The molecule has 3 aromatic carbocycles. The normalized spacial score (nSPS) is 10.7. The van der Waals surface area contributed by atoms with Crippen molar-refractivity contribution < 1.29 is 9.59 Å². The van der Waals surface area contributed by atoms with E-state index in [1.807, 2.05) is 25.1 Å². The minimum atomic E-state index is -0.380. The Hall–Kier alpha value is -4.17. The number of benzene rings is 3. The highest BCUT2D eigenvalue weighted by Gasteiger charge is 2.17. The first-order valence-corrected chi connectivity index (χ1v) is 11.5. The van der Waals surface area contributed by atoms with Gasteiger partial charge in [0.15, 0.2) is 0 Å². The van der Waals surface area contributed by atoms with Gasteiger partial charge < -0.3 is 20.5 Å². The van der Waals surface area contributed by atoms with E-state index in [4.69, 9.17) is 11.6 Å². The Morgan fingerprint density at radius 3 is 2.34 bits per heavy atom. The number of aromatic nitrogens is 2. The van der Waals surface area contributed by atoms with Gasteiger partial charge in [-0.15, -0.1) is 0 Å². The number of amides is 3. The predicted octanol–water partition coefficient (Wildman–Crippen LogP) is 5.27. The summed E-state index contributed by atoms with van der Waals surface area (Å²) in [6, 6.07) is 20.2. The molecule has 4 aromatic rings. The maximum absolute atomic E-state index is 13.2. The Balaban J connectivity index is 1.46. The van der Waals surface area contributed by atoms with E-state index < -0.39 is 0 Å². The van der Waals surface area contributed by atoms with E-state index in [9.17, 15) is 14.4 Å². The molecule has 9 heteroatoms. The molecule has 0 fully saturated rings. The molecule has 1 heterocycles. The van der Waals surface area contributed by atoms with Crippen molar-refractivity contribution in [2.24, 2.45) is 0 Å². The van der Waals surface area contributed by atoms with E-state index in [-0.39, 0.29) is 24.0 Å². The van der Waals surface area contributed by atoms with E-state index in [1.165, 1.54) is 0 Å². The highest BCUT2D eigenvalue weighted by atomic mass is 35.5. The van der Waals surface area contributed by atoms with Gasteiger partial charge in [0.05, 0.1) is 17.4 Å². The van der Waals surface area contributed by atoms with Crippen molar-refractivity contribution in [2.45, 2.75) is 19.9 Å². The molecule has 3 N–H and O–H groups in total. The summed E-state index contributed by atoms with van der Waals surface area (Å²) in [5, 5.41) is 6.40. The van der Waals surface area contributed by atoms with Crippen LogP contribution >= 0.6 is 11.6 Å². The zero-order valence-corrected chi connectivity index (χ0v) is 19.8. The van der Waals surface area contributed by atoms with Crippen LogP contribution in [0.1, 0.15) is 29.5 Å². The maximum Gasteiger partial charge on any atom is 0.323 e. The van der Waals surface area contributed by atoms with Gasteiger partial charge in [0.25, 0.3) is 11.5 Å². The van der Waals surface area contributed by atoms with Crippen LogP contribution in [0.3, 0.4) is 0 Å². The van der Waals surface area contributed by atoms with Crippen LogP contribution in [0.4, 0.5) is 16.2 Å². The van der Waals surface area contributed by atoms with Crippen LogP contribution in [0.25, 0.3) is 10.9 Å². The summed E-state index contributed by atoms with van der Waals surface area (Å²) in [7, 11) is 0. The maximum atomic E-state index is 13.2. The average Bonchev–Trinajstić information content (AvgIpc) is 2.84. The summed E-state index contributed by atoms with van der Waals surface area (Å²) in [5.74, 6) is 0.170. The Bertz CT molecular complexity index is 1400. The van der Waals surface area contributed by atoms with Crippen LogP contribution in [-0.4, -0.2) is 33.4 Å². The highest BCUT2D eigenvalue weighted by molar-refractivity contribution is 6.31. The molecule has 0 unspecified atom stereocenters. The predicted molar refractivity (Wildman–Crippen MR) is 138 cm³/mol. The van der Waals surface area contributed by atoms with E-state index >= 15 is 0 Å². The monoisotopic (exact) mass is 489 g/mol. The van der Waals surface area contributed by atoms with Gasteiger partial charge in [0.1, 0.15) is 5.82 Å². The van der Waals surface area contributed by atoms with Crippen molar-refractivity contribution in [3.05, 3.63) is 99.6 Å². The number of nitrogens with zero attached hydrogens (tertiary/aromatic N) is 2. The van der Waals surface area contributed by atoms with Crippen molar-refractivity contribution in [1.82, 2.24) is 14.9 Å². The molecule has 8 nitrogen and oxygen atoms in total. The van der Waals surface area contributed by atoms with Crippen molar-refractivity contribution >= 4 is 45.8 Å². The fourth-order valence-electron chi connectivity index (χ4n) is 3.63. The summed E-state index contributed by atoms with van der Waals surface area (Å²) < 4.78 is 0. The molecule has 1 aromatic heterocycles. The molecule has 178 valence electrons. The molecular weight excluding hydrogens is 466 g/mol. The summed E-state index contributed by atoms with van der Waals surface area (Å²) in [6.07, 6.45) is 0.731. The minimum Gasteiger partial charge on any atom is -0.331 e. The van der Waals surface area contributed by atoms with E-state index in [0.29, 0.717) is 45.2 Å². The van der Waals surface area contributed by atoms with Gasteiger partial charge in [-0.1, -0.05) is 36.7 Å². The first-order valence-electron chi connectivity index (χ1n) is 11.1. The van der Waals surface area contributed by atoms with Crippen LogP contribution in [0.2, 0.25) is 5.02 Å². The van der Waals surface area contributed by atoms with Crippen LogP contribution in [-0.2, 0) is 6.54 Å². The third-order valence-electron chi connectivity index (χ3n) is 5.26. The third-order valence-corrected chi connectivity index (χ3v) is 5.50. The number of nitrogens with one attached hydrogen (secondary N) is 3. The number of fused-ring (bicyclic) bond motifs is 1. The Morgan fingerprint density at radius 1 is 0.971 bits per heavy atom. The third kappa shape index (κ3) is 6.04. The van der Waals surface area contributed by atoms with Crippen molar-refractivity contribution in [2.75, 3.05) is 17.2 Å².